The van der Waals surface area contributed by atoms with Crippen molar-refractivity contribution in [3.8, 4) is 39.2 Å². The lowest BCUT2D eigenvalue weighted by atomic mass is 9.79. The van der Waals surface area contributed by atoms with Crippen LogP contribution in [-0.2, 0) is 5.41 Å². The van der Waals surface area contributed by atoms with Crippen LogP contribution < -0.4 is 5.32 Å². The molecule has 56 heavy (non-hydrogen) atoms. The molecule has 8 rings (SSSR count). The van der Waals surface area contributed by atoms with Crippen molar-refractivity contribution in [2.75, 3.05) is 0 Å². The van der Waals surface area contributed by atoms with Gasteiger partial charge in [0, 0.05) is 22.2 Å². The number of rotatable bonds is 9. The van der Waals surface area contributed by atoms with Crippen molar-refractivity contribution in [1.82, 2.24) is 19.9 Å². The fraction of sp³-hybridized carbons (Fsp3) is 0.231. The molecule has 4 nitrogen and oxygen atoms in total. The van der Waals surface area contributed by atoms with Gasteiger partial charge in [-0.25, -0.2) is 9.97 Å². The Morgan fingerprint density at radius 1 is 0.589 bits per heavy atom. The minimum Gasteiger partial charge on any atom is -0.357 e. The zero-order valence-electron chi connectivity index (χ0n) is 33.9. The van der Waals surface area contributed by atoms with E-state index in [0.29, 0.717) is 11.8 Å². The summed E-state index contributed by atoms with van der Waals surface area (Å²) in [5, 5.41) is 3.97. The van der Waals surface area contributed by atoms with E-state index < -0.39 is 5.41 Å². The second-order valence-electron chi connectivity index (χ2n) is 16.9. The van der Waals surface area contributed by atoms with Gasteiger partial charge in [0.1, 0.15) is 5.82 Å². The first kappa shape index (κ1) is 36.9. The number of benzene rings is 5. The first-order valence-corrected chi connectivity index (χ1v) is 20.0. The minimum atomic E-state index is -0.533. The molecule has 7 aromatic rings. The lowest BCUT2D eigenvalue weighted by Crippen LogP contribution is -2.36. The van der Waals surface area contributed by atoms with E-state index in [0.717, 1.165) is 56.5 Å². The molecule has 3 heterocycles. The Hall–Kier alpha value is -6.00. The molecule has 1 N–H and O–H groups in total. The molecule has 280 valence electrons. The van der Waals surface area contributed by atoms with Gasteiger partial charge in [0.2, 0.25) is 0 Å². The molecule has 1 aliphatic rings. The summed E-state index contributed by atoms with van der Waals surface area (Å²) in [7, 11) is 0. The van der Waals surface area contributed by atoms with E-state index in [1.165, 1.54) is 27.8 Å². The number of hydrogen-bond acceptors (Lipinski definition) is 3. The first-order valence-electron chi connectivity index (χ1n) is 20.0. The van der Waals surface area contributed by atoms with Crippen molar-refractivity contribution in [2.24, 2.45) is 5.41 Å². The summed E-state index contributed by atoms with van der Waals surface area (Å²) in [6.07, 6.45) is 4.70. The number of aromatic nitrogens is 3. The third-order valence-corrected chi connectivity index (χ3v) is 11.2. The highest BCUT2D eigenvalue weighted by Crippen LogP contribution is 2.43. The average molecular weight is 733 g/mol. The van der Waals surface area contributed by atoms with Gasteiger partial charge in [-0.1, -0.05) is 157 Å². The number of pyridine rings is 1. The Kier molecular flexibility index (Phi) is 9.62. The Bertz CT molecular complexity index is 2580. The van der Waals surface area contributed by atoms with Crippen LogP contribution in [0.3, 0.4) is 0 Å². The molecule has 0 spiro atoms. The number of fused-ring (bicyclic) bond motifs is 1. The smallest absolute Gasteiger partial charge is 0.126 e. The van der Waals surface area contributed by atoms with Gasteiger partial charge >= 0.3 is 0 Å². The van der Waals surface area contributed by atoms with Crippen molar-refractivity contribution in [3.05, 3.63) is 180 Å². The molecule has 0 fully saturated rings. The molecule has 0 aliphatic carbocycles. The van der Waals surface area contributed by atoms with Crippen molar-refractivity contribution < 1.29 is 0 Å². The number of nitrogens with zero attached hydrogens (tertiary/aromatic N) is 3. The summed E-state index contributed by atoms with van der Waals surface area (Å²) in [4.78, 5) is 10.8. The van der Waals surface area contributed by atoms with Crippen molar-refractivity contribution in [3.63, 3.8) is 0 Å². The molecule has 2 aromatic heterocycles. The minimum absolute atomic E-state index is 0.268. The van der Waals surface area contributed by atoms with Crippen molar-refractivity contribution in [1.29, 1.82) is 0 Å². The maximum atomic E-state index is 5.42. The number of allylic oxidation sites excluding steroid dienone is 3. The molecule has 0 saturated heterocycles. The van der Waals surface area contributed by atoms with Crippen LogP contribution in [0.1, 0.15) is 89.9 Å². The summed E-state index contributed by atoms with van der Waals surface area (Å²) < 4.78 is 2.37. The summed E-state index contributed by atoms with van der Waals surface area (Å²) in [6.45, 7) is 18.3. The molecule has 5 aromatic carbocycles. The second kappa shape index (κ2) is 14.6. The van der Waals surface area contributed by atoms with E-state index in [2.05, 4.69) is 217 Å². The van der Waals surface area contributed by atoms with E-state index in [1.54, 1.807) is 0 Å². The second-order valence-corrected chi connectivity index (χ2v) is 16.9. The molecule has 1 aliphatic heterocycles. The van der Waals surface area contributed by atoms with Crippen LogP contribution in [0.4, 0.5) is 0 Å². The molecule has 0 atom stereocenters. The van der Waals surface area contributed by atoms with Gasteiger partial charge in [0.15, 0.2) is 0 Å². The molecule has 0 unspecified atom stereocenters. The molecular weight excluding hydrogens is 681 g/mol. The number of para-hydroxylation sites is 3. The maximum absolute atomic E-state index is 5.42. The predicted octanol–water partition coefficient (Wildman–Crippen LogP) is 13.5. The number of nitrogens with one attached hydrogen (secondary N) is 1. The van der Waals surface area contributed by atoms with Crippen LogP contribution >= 0.6 is 0 Å². The van der Waals surface area contributed by atoms with Gasteiger partial charge in [-0.2, -0.15) is 0 Å². The standard InChI is InChI=1S/C52H52N4/c1-34(2)39-25-19-26-40(35(3)4)49(39)38-30-43(37-22-13-10-14-23-37)53-44(31-38)45-32-51(5,6)33-48(54-45)52(7,8)50-55-42-27-16-18-29-47(42)56(50)46-28-17-15-24-41(46)36-20-11-9-12-21-36/h9-35,54H,1-8H3. The van der Waals surface area contributed by atoms with Crippen LogP contribution in [0.15, 0.2) is 157 Å². The Labute approximate surface area is 332 Å². The molecular formula is C52H52N4. The van der Waals surface area contributed by atoms with E-state index in [1.807, 2.05) is 0 Å². The molecule has 4 heteroatoms. The lowest BCUT2D eigenvalue weighted by molar-refractivity contribution is 0.508. The van der Waals surface area contributed by atoms with Gasteiger partial charge in [-0.05, 0) is 89.9 Å². The first-order chi connectivity index (χ1) is 26.9. The topological polar surface area (TPSA) is 42.7 Å². The fourth-order valence-electron chi connectivity index (χ4n) is 8.27. The van der Waals surface area contributed by atoms with Crippen molar-refractivity contribution in [2.45, 2.75) is 72.6 Å². The normalized spacial score (nSPS) is 14.2. The van der Waals surface area contributed by atoms with Gasteiger partial charge in [-0.3, -0.25) is 4.57 Å². The van der Waals surface area contributed by atoms with E-state index in [-0.39, 0.29) is 5.41 Å². The summed E-state index contributed by atoms with van der Waals surface area (Å²) in [5.74, 6) is 1.71. The van der Waals surface area contributed by atoms with Gasteiger partial charge < -0.3 is 5.32 Å². The lowest BCUT2D eigenvalue weighted by Gasteiger charge is -2.36. The zero-order chi connectivity index (χ0) is 39.2. The largest absolute Gasteiger partial charge is 0.357 e. The molecule has 0 radical (unpaired) electrons. The Morgan fingerprint density at radius 3 is 1.86 bits per heavy atom. The predicted molar refractivity (Wildman–Crippen MR) is 236 cm³/mol. The third kappa shape index (κ3) is 6.90. The van der Waals surface area contributed by atoms with Crippen LogP contribution in [0.5, 0.6) is 0 Å². The fourth-order valence-corrected chi connectivity index (χ4v) is 8.27. The average Bonchev–Trinajstić information content (AvgIpc) is 3.61. The van der Waals surface area contributed by atoms with Gasteiger partial charge in [-0.15, -0.1) is 0 Å². The quantitative estimate of drug-likeness (QED) is 0.161. The van der Waals surface area contributed by atoms with E-state index >= 15 is 0 Å². The van der Waals surface area contributed by atoms with Crippen LogP contribution in [-0.4, -0.2) is 14.5 Å². The highest BCUT2D eigenvalue weighted by atomic mass is 15.1. The maximum Gasteiger partial charge on any atom is 0.126 e. The SMILES string of the molecule is CC(C)c1cccc(C(C)C)c1-c1cc(C2=CC(C)(C)C=C(C(C)(C)c3nc4ccccc4n3-c3ccccc3-c3ccccc3)N2)nc(-c2ccccc2)c1. The highest BCUT2D eigenvalue weighted by molar-refractivity contribution is 5.84. The van der Waals surface area contributed by atoms with E-state index in [9.17, 15) is 0 Å². The summed E-state index contributed by atoms with van der Waals surface area (Å²) >= 11 is 0. The number of hydrogen-bond donors (Lipinski definition) is 1. The van der Waals surface area contributed by atoms with E-state index in [4.69, 9.17) is 9.97 Å². The number of dihydropyridines is 1. The monoisotopic (exact) mass is 732 g/mol. The Morgan fingerprint density at radius 2 is 1.18 bits per heavy atom. The van der Waals surface area contributed by atoms with Crippen LogP contribution in [0.2, 0.25) is 0 Å². The summed E-state index contributed by atoms with van der Waals surface area (Å²) in [6, 6.07) is 49.8. The highest BCUT2D eigenvalue weighted by Gasteiger charge is 2.37. The van der Waals surface area contributed by atoms with Gasteiger partial charge in [0.25, 0.3) is 0 Å². The summed E-state index contributed by atoms with van der Waals surface area (Å²) in [5.41, 5.74) is 15.0. The zero-order valence-corrected chi connectivity index (χ0v) is 33.9. The van der Waals surface area contributed by atoms with Crippen LogP contribution in [0, 0.1) is 5.41 Å². The number of imidazole rings is 1. The Balaban J connectivity index is 1.29. The van der Waals surface area contributed by atoms with Crippen molar-refractivity contribution >= 4 is 16.7 Å². The molecule has 0 saturated carbocycles. The molecule has 0 amide bonds. The van der Waals surface area contributed by atoms with Crippen LogP contribution in [0.25, 0.3) is 55.9 Å². The van der Waals surface area contributed by atoms with Gasteiger partial charge in [0.05, 0.1) is 39.2 Å². The molecule has 0 bridgehead atoms. The third-order valence-electron chi connectivity index (χ3n) is 11.2.